The molecule has 1 fully saturated rings. The molecule has 0 unspecified atom stereocenters. The van der Waals surface area contributed by atoms with E-state index in [1.165, 1.54) is 37.7 Å². The quantitative estimate of drug-likeness (QED) is 0.365. The Morgan fingerprint density at radius 2 is 1.58 bits per heavy atom. The summed E-state index contributed by atoms with van der Waals surface area (Å²) >= 11 is 0. The summed E-state index contributed by atoms with van der Waals surface area (Å²) < 4.78 is 0. The summed E-state index contributed by atoms with van der Waals surface area (Å²) in [6.07, 6.45) is 7.96. The van der Waals surface area contributed by atoms with Crippen LogP contribution in [0.1, 0.15) is 65.4 Å². The number of nitrogens with one attached hydrogen (secondary N) is 2. The standard InChI is InChI=1S/C17H18N2O2.C10H18.C2H6/c1-18-17(21)16(19-12-20)11-13-7-9-15(10-8-13)14-5-3-2-4-6-14;1-9(2)8-10(3)6-4-5-7-10;1-2/h2-10,12,16H,11H2,1H3,(H,18,21)(H,19,20);1,4-8H2,2-3H3;1-2H3/t16-;;/m0../s1. The summed E-state index contributed by atoms with van der Waals surface area (Å²) in [7, 11) is 1.56. The van der Waals surface area contributed by atoms with Crippen molar-refractivity contribution in [3.8, 4) is 11.1 Å². The van der Waals surface area contributed by atoms with E-state index >= 15 is 0 Å². The molecule has 4 heteroatoms. The fourth-order valence-electron chi connectivity index (χ4n) is 4.32. The number of allylic oxidation sites excluding steroid dienone is 1. The van der Waals surface area contributed by atoms with Crippen molar-refractivity contribution in [3.05, 3.63) is 72.3 Å². The highest BCUT2D eigenvalue weighted by molar-refractivity contribution is 5.83. The predicted octanol–water partition coefficient (Wildman–Crippen LogP) is 6.32. The third-order valence-electron chi connectivity index (χ3n) is 5.87. The first-order chi connectivity index (χ1) is 15.9. The van der Waals surface area contributed by atoms with Crippen LogP contribution in [-0.4, -0.2) is 25.4 Å². The molecule has 2 amide bonds. The number of carbonyl (C=O) groups excluding carboxylic acids is 2. The number of hydrogen-bond donors (Lipinski definition) is 2. The molecule has 2 N–H and O–H groups in total. The Labute approximate surface area is 200 Å². The van der Waals surface area contributed by atoms with E-state index in [-0.39, 0.29) is 5.91 Å². The molecule has 2 aromatic rings. The van der Waals surface area contributed by atoms with Gasteiger partial charge in [-0.2, -0.15) is 0 Å². The maximum atomic E-state index is 11.7. The Hall–Kier alpha value is -2.88. The van der Waals surface area contributed by atoms with Crippen molar-refractivity contribution in [1.82, 2.24) is 10.6 Å². The van der Waals surface area contributed by atoms with E-state index in [0.29, 0.717) is 18.2 Å². The van der Waals surface area contributed by atoms with E-state index in [0.717, 1.165) is 16.7 Å². The maximum Gasteiger partial charge on any atom is 0.242 e. The van der Waals surface area contributed by atoms with Gasteiger partial charge < -0.3 is 10.6 Å². The minimum absolute atomic E-state index is 0.200. The van der Waals surface area contributed by atoms with Crippen molar-refractivity contribution in [1.29, 1.82) is 0 Å². The first-order valence-electron chi connectivity index (χ1n) is 12.1. The molecule has 1 saturated carbocycles. The number of benzene rings is 2. The average Bonchev–Trinajstić information content (AvgIpc) is 3.26. The molecule has 0 bridgehead atoms. The smallest absolute Gasteiger partial charge is 0.242 e. The van der Waals surface area contributed by atoms with Gasteiger partial charge in [0.15, 0.2) is 0 Å². The molecule has 0 heterocycles. The predicted molar refractivity (Wildman–Crippen MR) is 140 cm³/mol. The summed E-state index contributed by atoms with van der Waals surface area (Å²) in [5.41, 5.74) is 5.24. The number of hydrogen-bond acceptors (Lipinski definition) is 2. The van der Waals surface area contributed by atoms with Crippen LogP contribution in [0.2, 0.25) is 0 Å². The lowest BCUT2D eigenvalue weighted by Gasteiger charge is -2.22. The van der Waals surface area contributed by atoms with E-state index < -0.39 is 6.04 Å². The monoisotopic (exact) mass is 450 g/mol. The van der Waals surface area contributed by atoms with Gasteiger partial charge in [0.05, 0.1) is 0 Å². The van der Waals surface area contributed by atoms with Crippen LogP contribution in [0.3, 0.4) is 0 Å². The van der Waals surface area contributed by atoms with Crippen LogP contribution in [0.25, 0.3) is 11.1 Å². The van der Waals surface area contributed by atoms with Gasteiger partial charge in [-0.15, -0.1) is 6.58 Å². The second kappa shape index (κ2) is 15.0. The first kappa shape index (κ1) is 28.2. The van der Waals surface area contributed by atoms with Crippen molar-refractivity contribution in [2.45, 2.75) is 72.3 Å². The lowest BCUT2D eigenvalue weighted by Crippen LogP contribution is -2.43. The normalized spacial score (nSPS) is 14.5. The van der Waals surface area contributed by atoms with Gasteiger partial charge in [0, 0.05) is 13.5 Å². The molecule has 0 aromatic heterocycles. The Bertz CT molecular complexity index is 838. The maximum absolute atomic E-state index is 11.7. The summed E-state index contributed by atoms with van der Waals surface area (Å²) in [4.78, 5) is 22.2. The van der Waals surface area contributed by atoms with Crippen molar-refractivity contribution in [3.63, 3.8) is 0 Å². The molecule has 2 aromatic carbocycles. The van der Waals surface area contributed by atoms with Gasteiger partial charge >= 0.3 is 0 Å². The van der Waals surface area contributed by atoms with Crippen LogP contribution in [-0.2, 0) is 16.0 Å². The number of carbonyl (C=O) groups is 2. The van der Waals surface area contributed by atoms with E-state index in [1.807, 2.05) is 56.3 Å². The Morgan fingerprint density at radius 1 is 1.03 bits per heavy atom. The van der Waals surface area contributed by atoms with Gasteiger partial charge in [0.1, 0.15) is 6.04 Å². The van der Waals surface area contributed by atoms with E-state index in [1.54, 1.807) is 7.05 Å². The van der Waals surface area contributed by atoms with E-state index in [9.17, 15) is 9.59 Å². The highest BCUT2D eigenvalue weighted by Gasteiger charge is 2.27. The van der Waals surface area contributed by atoms with Crippen LogP contribution in [0.15, 0.2) is 66.7 Å². The Balaban J connectivity index is 0.000000380. The Kier molecular flexibility index (Phi) is 12.8. The van der Waals surface area contributed by atoms with Gasteiger partial charge in [0.2, 0.25) is 12.3 Å². The molecule has 0 radical (unpaired) electrons. The first-order valence-corrected chi connectivity index (χ1v) is 12.1. The average molecular weight is 451 g/mol. The fourth-order valence-corrected chi connectivity index (χ4v) is 4.32. The third kappa shape index (κ3) is 10.1. The van der Waals surface area contributed by atoms with Gasteiger partial charge in [-0.3, -0.25) is 9.59 Å². The molecule has 4 nitrogen and oxygen atoms in total. The van der Waals surface area contributed by atoms with Gasteiger partial charge in [0.25, 0.3) is 0 Å². The third-order valence-corrected chi connectivity index (χ3v) is 5.87. The van der Waals surface area contributed by atoms with Gasteiger partial charge in [-0.1, -0.05) is 93.8 Å². The highest BCUT2D eigenvalue weighted by Crippen LogP contribution is 2.41. The van der Waals surface area contributed by atoms with Gasteiger partial charge in [-0.05, 0) is 48.3 Å². The SMILES string of the molecule is C=C(C)CC1(C)CCCC1.CC.CNC(=O)[C@H](Cc1ccc(-c2ccccc2)cc1)NC=O. The van der Waals surface area contributed by atoms with Crippen molar-refractivity contribution in [2.75, 3.05) is 7.05 Å². The molecule has 33 heavy (non-hydrogen) atoms. The fraction of sp³-hybridized carbons (Fsp3) is 0.448. The van der Waals surface area contributed by atoms with Crippen LogP contribution in [0, 0.1) is 5.41 Å². The van der Waals surface area contributed by atoms with Gasteiger partial charge in [-0.25, -0.2) is 0 Å². The second-order valence-electron chi connectivity index (χ2n) is 8.87. The topological polar surface area (TPSA) is 58.2 Å². The van der Waals surface area contributed by atoms with Crippen LogP contribution < -0.4 is 10.6 Å². The minimum atomic E-state index is -0.546. The molecule has 0 aliphatic heterocycles. The highest BCUT2D eigenvalue weighted by atomic mass is 16.2. The summed E-state index contributed by atoms with van der Waals surface area (Å²) in [6.45, 7) is 12.5. The lowest BCUT2D eigenvalue weighted by atomic mass is 9.83. The molecular formula is C29H42N2O2. The zero-order chi connectivity index (χ0) is 24.7. The van der Waals surface area contributed by atoms with Crippen molar-refractivity contribution in [2.24, 2.45) is 5.41 Å². The number of rotatable bonds is 8. The largest absolute Gasteiger partial charge is 0.357 e. The molecule has 180 valence electrons. The Morgan fingerprint density at radius 3 is 2.06 bits per heavy atom. The van der Waals surface area contributed by atoms with E-state index in [2.05, 4.69) is 43.2 Å². The zero-order valence-corrected chi connectivity index (χ0v) is 21.1. The number of amides is 2. The molecule has 0 saturated heterocycles. The van der Waals surface area contributed by atoms with Crippen LogP contribution in [0.4, 0.5) is 0 Å². The second-order valence-corrected chi connectivity index (χ2v) is 8.87. The summed E-state index contributed by atoms with van der Waals surface area (Å²) in [6, 6.07) is 17.5. The summed E-state index contributed by atoms with van der Waals surface area (Å²) in [5, 5.41) is 5.08. The molecule has 0 spiro atoms. The van der Waals surface area contributed by atoms with Crippen LogP contribution >= 0.6 is 0 Å². The molecule has 3 rings (SSSR count). The lowest BCUT2D eigenvalue weighted by molar-refractivity contribution is -0.124. The minimum Gasteiger partial charge on any atom is -0.357 e. The molecule has 1 aliphatic rings. The molecule has 1 atom stereocenters. The molecular weight excluding hydrogens is 408 g/mol. The number of likely N-dealkylation sites (N-methyl/N-ethyl adjacent to an activating group) is 1. The van der Waals surface area contributed by atoms with Crippen molar-refractivity contribution < 1.29 is 9.59 Å². The zero-order valence-electron chi connectivity index (χ0n) is 21.1. The summed E-state index contributed by atoms with van der Waals surface area (Å²) in [5.74, 6) is -0.200. The van der Waals surface area contributed by atoms with E-state index in [4.69, 9.17) is 0 Å². The van der Waals surface area contributed by atoms with Crippen LogP contribution in [0.5, 0.6) is 0 Å². The molecule has 1 aliphatic carbocycles. The van der Waals surface area contributed by atoms with Crippen molar-refractivity contribution >= 4 is 12.3 Å².